The van der Waals surface area contributed by atoms with E-state index in [1.54, 1.807) is 0 Å². The molecule has 0 saturated heterocycles. The van der Waals surface area contributed by atoms with Crippen molar-refractivity contribution >= 4 is 0 Å². The number of hydrogen-bond donors (Lipinski definition) is 0. The summed E-state index contributed by atoms with van der Waals surface area (Å²) in [5, 5.41) is 0. The summed E-state index contributed by atoms with van der Waals surface area (Å²) in [6.07, 6.45) is 1.65. The van der Waals surface area contributed by atoms with Crippen LogP contribution in [0, 0.1) is 17.5 Å². The highest BCUT2D eigenvalue weighted by Crippen LogP contribution is 2.32. The second kappa shape index (κ2) is 7.20. The molecule has 0 spiro atoms. The number of rotatable bonds is 6. The maximum Gasteiger partial charge on any atom is 0.201 e. The lowest BCUT2D eigenvalue weighted by molar-refractivity contribution is 0.289. The summed E-state index contributed by atoms with van der Waals surface area (Å²) in [5.41, 5.74) is 0.205. The highest BCUT2D eigenvalue weighted by Gasteiger charge is 2.17. The van der Waals surface area contributed by atoms with Gasteiger partial charge in [-0.1, -0.05) is 19.4 Å². The molecule has 2 aromatic rings. The van der Waals surface area contributed by atoms with Gasteiger partial charge in [0.05, 0.1) is 13.7 Å². The monoisotopic (exact) mass is 310 g/mol. The van der Waals surface area contributed by atoms with E-state index in [-0.39, 0.29) is 22.6 Å². The van der Waals surface area contributed by atoms with E-state index in [2.05, 4.69) is 0 Å². The number of halogens is 3. The van der Waals surface area contributed by atoms with E-state index in [9.17, 15) is 13.2 Å². The maximum absolute atomic E-state index is 14.2. The first kappa shape index (κ1) is 16.2. The van der Waals surface area contributed by atoms with Gasteiger partial charge in [0.1, 0.15) is 0 Å². The average Bonchev–Trinajstić information content (AvgIpc) is 2.52. The van der Waals surface area contributed by atoms with Crippen molar-refractivity contribution in [2.24, 2.45) is 0 Å². The first-order valence-corrected chi connectivity index (χ1v) is 7.03. The fourth-order valence-corrected chi connectivity index (χ4v) is 2.03. The van der Waals surface area contributed by atoms with Gasteiger partial charge in [0.15, 0.2) is 23.1 Å². The van der Waals surface area contributed by atoms with E-state index in [4.69, 9.17) is 9.47 Å². The zero-order valence-electron chi connectivity index (χ0n) is 12.5. The Kier molecular flexibility index (Phi) is 5.31. The summed E-state index contributed by atoms with van der Waals surface area (Å²) >= 11 is 0. The van der Waals surface area contributed by atoms with Crippen LogP contribution in [0.3, 0.4) is 0 Å². The predicted molar refractivity (Wildman–Crippen MR) is 78.7 cm³/mol. The minimum atomic E-state index is -1.06. The van der Waals surface area contributed by atoms with Crippen molar-refractivity contribution in [2.75, 3.05) is 13.7 Å². The zero-order chi connectivity index (χ0) is 16.1. The van der Waals surface area contributed by atoms with Crippen molar-refractivity contribution in [2.45, 2.75) is 19.8 Å². The standard InChI is InChI=1S/C17H17F3O2/c1-3-4-9-22-15-8-6-12(16(19)17(15)20)11-5-7-14(21-2)13(18)10-11/h5-8,10H,3-4,9H2,1-2H3. The van der Waals surface area contributed by atoms with E-state index < -0.39 is 17.5 Å². The van der Waals surface area contributed by atoms with Gasteiger partial charge in [0.2, 0.25) is 5.82 Å². The molecular formula is C17H17F3O2. The van der Waals surface area contributed by atoms with Gasteiger partial charge in [0, 0.05) is 5.56 Å². The molecule has 0 saturated carbocycles. The highest BCUT2D eigenvalue weighted by atomic mass is 19.2. The molecule has 2 rings (SSSR count). The Balaban J connectivity index is 2.32. The van der Waals surface area contributed by atoms with E-state index in [0.29, 0.717) is 6.61 Å². The van der Waals surface area contributed by atoms with Crippen LogP contribution in [0.1, 0.15) is 19.8 Å². The van der Waals surface area contributed by atoms with Gasteiger partial charge >= 0.3 is 0 Å². The number of ether oxygens (including phenoxy) is 2. The molecule has 0 aromatic heterocycles. The number of hydrogen-bond acceptors (Lipinski definition) is 2. The molecule has 0 aliphatic carbocycles. The predicted octanol–water partition coefficient (Wildman–Crippen LogP) is 4.96. The highest BCUT2D eigenvalue weighted by molar-refractivity contribution is 5.66. The number of benzene rings is 2. The van der Waals surface area contributed by atoms with Gasteiger partial charge in [-0.3, -0.25) is 0 Å². The van der Waals surface area contributed by atoms with E-state index in [1.807, 2.05) is 6.92 Å². The Morgan fingerprint density at radius 2 is 1.68 bits per heavy atom. The second-order valence-corrected chi connectivity index (χ2v) is 4.79. The molecular weight excluding hydrogens is 293 g/mol. The molecule has 2 nitrogen and oxygen atoms in total. The van der Waals surface area contributed by atoms with Crippen LogP contribution >= 0.6 is 0 Å². The topological polar surface area (TPSA) is 18.5 Å². The van der Waals surface area contributed by atoms with Gasteiger partial charge in [-0.2, -0.15) is 4.39 Å². The lowest BCUT2D eigenvalue weighted by Crippen LogP contribution is -2.01. The first-order chi connectivity index (χ1) is 10.6. The molecule has 0 N–H and O–H groups in total. The Morgan fingerprint density at radius 1 is 0.955 bits per heavy atom. The zero-order valence-corrected chi connectivity index (χ0v) is 12.5. The third kappa shape index (κ3) is 3.35. The largest absolute Gasteiger partial charge is 0.494 e. The van der Waals surface area contributed by atoms with Gasteiger partial charge in [0.25, 0.3) is 0 Å². The molecule has 0 fully saturated rings. The molecule has 0 aliphatic rings. The molecule has 2 aromatic carbocycles. The Bertz CT molecular complexity index is 657. The van der Waals surface area contributed by atoms with Crippen LogP contribution in [0.5, 0.6) is 11.5 Å². The van der Waals surface area contributed by atoms with E-state index in [0.717, 1.165) is 18.9 Å². The maximum atomic E-state index is 14.2. The van der Waals surface area contributed by atoms with Gasteiger partial charge in [-0.25, -0.2) is 8.78 Å². The Hall–Kier alpha value is -2.17. The van der Waals surface area contributed by atoms with Crippen LogP contribution in [-0.4, -0.2) is 13.7 Å². The third-order valence-corrected chi connectivity index (χ3v) is 3.27. The summed E-state index contributed by atoms with van der Waals surface area (Å²) in [6.45, 7) is 2.30. The summed E-state index contributed by atoms with van der Waals surface area (Å²) in [4.78, 5) is 0. The van der Waals surface area contributed by atoms with Crippen LogP contribution in [0.15, 0.2) is 30.3 Å². The van der Waals surface area contributed by atoms with Gasteiger partial charge in [-0.05, 0) is 36.2 Å². The van der Waals surface area contributed by atoms with Crippen molar-refractivity contribution < 1.29 is 22.6 Å². The van der Waals surface area contributed by atoms with Crippen molar-refractivity contribution in [1.29, 1.82) is 0 Å². The number of unbranched alkanes of at least 4 members (excludes halogenated alkanes) is 1. The van der Waals surface area contributed by atoms with Gasteiger partial charge in [-0.15, -0.1) is 0 Å². The molecule has 22 heavy (non-hydrogen) atoms. The molecule has 0 amide bonds. The summed E-state index contributed by atoms with van der Waals surface area (Å²) in [7, 11) is 1.33. The number of methoxy groups -OCH3 is 1. The molecule has 0 unspecified atom stereocenters. The van der Waals surface area contributed by atoms with E-state index in [1.165, 1.54) is 31.4 Å². The fraction of sp³-hybridized carbons (Fsp3) is 0.294. The smallest absolute Gasteiger partial charge is 0.201 e. The first-order valence-electron chi connectivity index (χ1n) is 7.03. The fourth-order valence-electron chi connectivity index (χ4n) is 2.03. The Labute approximate surface area is 127 Å². The Morgan fingerprint density at radius 3 is 2.32 bits per heavy atom. The van der Waals surface area contributed by atoms with Crippen LogP contribution in [0.2, 0.25) is 0 Å². The lowest BCUT2D eigenvalue weighted by Gasteiger charge is -2.11. The van der Waals surface area contributed by atoms with Crippen LogP contribution in [0.4, 0.5) is 13.2 Å². The normalized spacial score (nSPS) is 10.6. The second-order valence-electron chi connectivity index (χ2n) is 4.79. The van der Waals surface area contributed by atoms with Gasteiger partial charge < -0.3 is 9.47 Å². The van der Waals surface area contributed by atoms with Crippen molar-refractivity contribution in [3.05, 3.63) is 47.8 Å². The van der Waals surface area contributed by atoms with E-state index >= 15 is 0 Å². The summed E-state index contributed by atoms with van der Waals surface area (Å²) in [5.74, 6) is -2.85. The van der Waals surface area contributed by atoms with Crippen molar-refractivity contribution in [3.8, 4) is 22.6 Å². The van der Waals surface area contributed by atoms with Crippen molar-refractivity contribution in [1.82, 2.24) is 0 Å². The van der Waals surface area contributed by atoms with Crippen LogP contribution < -0.4 is 9.47 Å². The van der Waals surface area contributed by atoms with Crippen LogP contribution in [0.25, 0.3) is 11.1 Å². The average molecular weight is 310 g/mol. The molecule has 0 bridgehead atoms. The molecule has 5 heteroatoms. The molecule has 0 aliphatic heterocycles. The SMILES string of the molecule is CCCCOc1ccc(-c2ccc(OC)c(F)c2)c(F)c1F. The molecule has 0 radical (unpaired) electrons. The molecule has 118 valence electrons. The summed E-state index contributed by atoms with van der Waals surface area (Å²) < 4.78 is 51.9. The van der Waals surface area contributed by atoms with Crippen LogP contribution in [-0.2, 0) is 0 Å². The minimum absolute atomic E-state index is 0.0260. The third-order valence-electron chi connectivity index (χ3n) is 3.27. The molecule has 0 heterocycles. The van der Waals surface area contributed by atoms with Crippen molar-refractivity contribution in [3.63, 3.8) is 0 Å². The summed E-state index contributed by atoms with van der Waals surface area (Å²) in [6, 6.07) is 6.67. The quantitative estimate of drug-likeness (QED) is 0.702. The minimum Gasteiger partial charge on any atom is -0.494 e. The molecule has 0 atom stereocenters. The lowest BCUT2D eigenvalue weighted by atomic mass is 10.0.